The van der Waals surface area contributed by atoms with Gasteiger partial charge in [-0.3, -0.25) is 4.99 Å². The van der Waals surface area contributed by atoms with Crippen LogP contribution in [0.25, 0.3) is 0 Å². The zero-order valence-corrected chi connectivity index (χ0v) is 15.4. The fraction of sp³-hybridized carbons (Fsp3) is 0.312. The third-order valence-electron chi connectivity index (χ3n) is 3.04. The zero-order chi connectivity index (χ0) is 14.0. The number of rotatable bonds is 6. The third-order valence-corrected chi connectivity index (χ3v) is 3.77. The van der Waals surface area contributed by atoms with Crippen molar-refractivity contribution in [3.63, 3.8) is 0 Å². The number of benzene rings is 1. The minimum Gasteiger partial charge on any atom is -0.356 e. The first-order valence-electron chi connectivity index (χ1n) is 6.88. The summed E-state index contributed by atoms with van der Waals surface area (Å²) in [6, 6.07) is 12.7. The Kier molecular flexibility index (Phi) is 9.09. The molecule has 0 atom stereocenters. The molecule has 2 N–H and O–H groups in total. The van der Waals surface area contributed by atoms with Gasteiger partial charge in [0.25, 0.3) is 0 Å². The lowest BCUT2D eigenvalue weighted by Crippen LogP contribution is -2.37. The van der Waals surface area contributed by atoms with Gasteiger partial charge in [-0.05, 0) is 40.8 Å². The summed E-state index contributed by atoms with van der Waals surface area (Å²) in [5.41, 5.74) is 2.68. The van der Waals surface area contributed by atoms with E-state index in [9.17, 15) is 0 Å². The van der Waals surface area contributed by atoms with Gasteiger partial charge in [-0.15, -0.1) is 24.0 Å². The van der Waals surface area contributed by atoms with E-state index in [0.29, 0.717) is 0 Å². The number of nitrogens with one attached hydrogen (secondary N) is 2. The first kappa shape index (κ1) is 18.0. The molecule has 0 fully saturated rings. The molecule has 2 aromatic rings. The van der Waals surface area contributed by atoms with E-state index < -0.39 is 0 Å². The van der Waals surface area contributed by atoms with E-state index in [2.05, 4.69) is 62.8 Å². The molecular weight excluding hydrogens is 393 g/mol. The van der Waals surface area contributed by atoms with Crippen molar-refractivity contribution >= 4 is 41.3 Å². The molecule has 0 aliphatic carbocycles. The molecular formula is C16H22IN3S. The summed E-state index contributed by atoms with van der Waals surface area (Å²) in [6.45, 7) is 1.75. The predicted octanol–water partition coefficient (Wildman–Crippen LogP) is 3.66. The van der Waals surface area contributed by atoms with Crippen LogP contribution in [0.2, 0.25) is 0 Å². The SMILES string of the molecule is CN=C(NCCCc1ccccc1)NCc1ccsc1.I. The maximum Gasteiger partial charge on any atom is 0.191 e. The standard InChI is InChI=1S/C16H21N3S.HI/c1-17-16(19-12-15-9-11-20-13-15)18-10-5-8-14-6-3-2-4-7-14;/h2-4,6-7,9,11,13H,5,8,10,12H2,1H3,(H2,17,18,19);1H. The van der Waals surface area contributed by atoms with E-state index in [1.54, 1.807) is 18.4 Å². The van der Waals surface area contributed by atoms with E-state index >= 15 is 0 Å². The second kappa shape index (κ2) is 10.6. The van der Waals surface area contributed by atoms with E-state index in [4.69, 9.17) is 0 Å². The second-order valence-corrected chi connectivity index (χ2v) is 5.35. The van der Waals surface area contributed by atoms with Gasteiger partial charge in [-0.1, -0.05) is 30.3 Å². The van der Waals surface area contributed by atoms with Gasteiger partial charge >= 0.3 is 0 Å². The molecule has 0 saturated carbocycles. The van der Waals surface area contributed by atoms with Crippen LogP contribution in [-0.4, -0.2) is 19.6 Å². The summed E-state index contributed by atoms with van der Waals surface area (Å²) in [5.74, 6) is 0.865. The number of nitrogens with zero attached hydrogens (tertiary/aromatic N) is 1. The fourth-order valence-electron chi connectivity index (χ4n) is 1.94. The number of hydrogen-bond donors (Lipinski definition) is 2. The summed E-state index contributed by atoms with van der Waals surface area (Å²) in [5, 5.41) is 10.9. The van der Waals surface area contributed by atoms with Crippen LogP contribution < -0.4 is 10.6 Å². The lowest BCUT2D eigenvalue weighted by Gasteiger charge is -2.11. The van der Waals surface area contributed by atoms with Crippen LogP contribution in [0.4, 0.5) is 0 Å². The molecule has 0 spiro atoms. The monoisotopic (exact) mass is 415 g/mol. The highest BCUT2D eigenvalue weighted by Gasteiger charge is 1.98. The lowest BCUT2D eigenvalue weighted by atomic mass is 10.1. The van der Waals surface area contributed by atoms with E-state index in [1.807, 2.05) is 0 Å². The predicted molar refractivity (Wildman–Crippen MR) is 103 cm³/mol. The van der Waals surface area contributed by atoms with Crippen molar-refractivity contribution in [2.24, 2.45) is 4.99 Å². The van der Waals surface area contributed by atoms with Crippen molar-refractivity contribution < 1.29 is 0 Å². The Morgan fingerprint density at radius 3 is 2.57 bits per heavy atom. The first-order valence-corrected chi connectivity index (χ1v) is 7.82. The molecule has 0 radical (unpaired) electrons. The Morgan fingerprint density at radius 2 is 1.90 bits per heavy atom. The van der Waals surface area contributed by atoms with E-state index in [1.165, 1.54) is 11.1 Å². The second-order valence-electron chi connectivity index (χ2n) is 4.57. The Morgan fingerprint density at radius 1 is 1.10 bits per heavy atom. The van der Waals surface area contributed by atoms with Gasteiger partial charge in [0, 0.05) is 20.1 Å². The molecule has 1 aromatic carbocycles. The molecule has 2 rings (SSSR count). The van der Waals surface area contributed by atoms with Crippen LogP contribution in [-0.2, 0) is 13.0 Å². The quantitative estimate of drug-likeness (QED) is 0.327. The molecule has 0 aliphatic heterocycles. The molecule has 21 heavy (non-hydrogen) atoms. The van der Waals surface area contributed by atoms with Crippen LogP contribution >= 0.6 is 35.3 Å². The highest BCUT2D eigenvalue weighted by atomic mass is 127. The molecule has 5 heteroatoms. The molecule has 0 amide bonds. The van der Waals surface area contributed by atoms with Crippen molar-refractivity contribution in [3.05, 3.63) is 58.3 Å². The van der Waals surface area contributed by atoms with Crippen LogP contribution in [0.15, 0.2) is 52.2 Å². The Labute approximate surface area is 147 Å². The molecule has 0 aliphatic rings. The van der Waals surface area contributed by atoms with Crippen molar-refractivity contribution in [1.29, 1.82) is 0 Å². The molecule has 1 aromatic heterocycles. The van der Waals surface area contributed by atoms with Crippen LogP contribution in [0.5, 0.6) is 0 Å². The van der Waals surface area contributed by atoms with Gasteiger partial charge < -0.3 is 10.6 Å². The number of guanidine groups is 1. The molecule has 0 bridgehead atoms. The summed E-state index contributed by atoms with van der Waals surface area (Å²) < 4.78 is 0. The van der Waals surface area contributed by atoms with Crippen LogP contribution in [0, 0.1) is 0 Å². The highest BCUT2D eigenvalue weighted by molar-refractivity contribution is 14.0. The Hall–Kier alpha value is -1.08. The minimum absolute atomic E-state index is 0. The summed E-state index contributed by atoms with van der Waals surface area (Å²) in [6.07, 6.45) is 2.19. The summed E-state index contributed by atoms with van der Waals surface area (Å²) >= 11 is 1.72. The molecule has 3 nitrogen and oxygen atoms in total. The number of halogens is 1. The number of thiophene rings is 1. The maximum atomic E-state index is 4.23. The molecule has 1 heterocycles. The first-order chi connectivity index (χ1) is 9.88. The average Bonchev–Trinajstić information content (AvgIpc) is 3.01. The zero-order valence-electron chi connectivity index (χ0n) is 12.2. The third kappa shape index (κ3) is 6.95. The largest absolute Gasteiger partial charge is 0.356 e. The minimum atomic E-state index is 0. The van der Waals surface area contributed by atoms with Gasteiger partial charge in [0.1, 0.15) is 0 Å². The van der Waals surface area contributed by atoms with Crippen molar-refractivity contribution in [1.82, 2.24) is 10.6 Å². The van der Waals surface area contributed by atoms with Crippen molar-refractivity contribution in [2.75, 3.05) is 13.6 Å². The summed E-state index contributed by atoms with van der Waals surface area (Å²) in [7, 11) is 1.81. The average molecular weight is 415 g/mol. The number of hydrogen-bond acceptors (Lipinski definition) is 2. The van der Waals surface area contributed by atoms with E-state index in [-0.39, 0.29) is 24.0 Å². The molecule has 0 unspecified atom stereocenters. The number of aliphatic imine (C=N–C) groups is 1. The highest BCUT2D eigenvalue weighted by Crippen LogP contribution is 2.04. The number of aryl methyl sites for hydroxylation is 1. The van der Waals surface area contributed by atoms with Crippen molar-refractivity contribution in [3.8, 4) is 0 Å². The van der Waals surface area contributed by atoms with Crippen LogP contribution in [0.3, 0.4) is 0 Å². The Bertz CT molecular complexity index is 512. The Balaban J connectivity index is 0.00000220. The van der Waals surface area contributed by atoms with Gasteiger partial charge in [-0.2, -0.15) is 11.3 Å². The van der Waals surface area contributed by atoms with E-state index in [0.717, 1.165) is 31.9 Å². The lowest BCUT2D eigenvalue weighted by molar-refractivity contribution is 0.742. The van der Waals surface area contributed by atoms with Gasteiger partial charge in [0.05, 0.1) is 0 Å². The van der Waals surface area contributed by atoms with Gasteiger partial charge in [0.15, 0.2) is 5.96 Å². The topological polar surface area (TPSA) is 36.4 Å². The fourth-order valence-corrected chi connectivity index (χ4v) is 2.61. The molecule has 114 valence electrons. The molecule has 0 saturated heterocycles. The summed E-state index contributed by atoms with van der Waals surface area (Å²) in [4.78, 5) is 4.23. The van der Waals surface area contributed by atoms with Gasteiger partial charge in [-0.25, -0.2) is 0 Å². The van der Waals surface area contributed by atoms with Crippen molar-refractivity contribution in [2.45, 2.75) is 19.4 Å². The van der Waals surface area contributed by atoms with Crippen LogP contribution in [0.1, 0.15) is 17.5 Å². The maximum absolute atomic E-state index is 4.23. The smallest absolute Gasteiger partial charge is 0.191 e. The normalized spacial score (nSPS) is 10.8. The van der Waals surface area contributed by atoms with Gasteiger partial charge in [0.2, 0.25) is 0 Å².